The second-order valence-electron chi connectivity index (χ2n) is 15.2. The first kappa shape index (κ1) is 26.5. The van der Waals surface area contributed by atoms with Gasteiger partial charge in [-0.15, -0.1) is 0 Å². The van der Waals surface area contributed by atoms with Crippen molar-refractivity contribution in [2.24, 2.45) is 50.2 Å². The van der Waals surface area contributed by atoms with Gasteiger partial charge in [-0.25, -0.2) is 0 Å². The standard InChI is InChI=1S/C32H45NO4/c1-27(2)11-13-32(26(36)37-8)14-12-31(7)24(20(32)17-27)21(34)15-23-29(5)16-19(18-33)25(35)28(3,4)22(29)9-10-30(23,31)6/h15,20,22,24,35H,9-14,16-17H2,1-8H3/t20-,22-,24+,29+,30-,31-,32+/m1/s1. The molecule has 202 valence electrons. The molecule has 1 N–H and O–H groups in total. The maximum absolute atomic E-state index is 14.4. The van der Waals surface area contributed by atoms with Gasteiger partial charge in [0.25, 0.3) is 0 Å². The molecule has 5 aliphatic rings. The molecule has 5 nitrogen and oxygen atoms in total. The third-order valence-electron chi connectivity index (χ3n) is 12.7. The molecular formula is C32H45NO4. The van der Waals surface area contributed by atoms with Gasteiger partial charge < -0.3 is 9.84 Å². The minimum atomic E-state index is -0.581. The van der Waals surface area contributed by atoms with Gasteiger partial charge in [0.15, 0.2) is 5.78 Å². The van der Waals surface area contributed by atoms with E-state index in [2.05, 4.69) is 54.5 Å². The fourth-order valence-electron chi connectivity index (χ4n) is 10.5. The normalized spacial score (nSPS) is 45.9. The number of hydrogen-bond donors (Lipinski definition) is 1. The number of carbonyl (C=O) groups is 2. The lowest BCUT2D eigenvalue weighted by Crippen LogP contribution is -2.65. The number of allylic oxidation sites excluding steroid dienone is 4. The van der Waals surface area contributed by atoms with Gasteiger partial charge in [0.2, 0.25) is 0 Å². The predicted molar refractivity (Wildman–Crippen MR) is 142 cm³/mol. The average Bonchev–Trinajstić information content (AvgIpc) is 2.82. The Kier molecular flexibility index (Phi) is 5.54. The monoisotopic (exact) mass is 507 g/mol. The molecule has 0 heterocycles. The molecule has 0 amide bonds. The van der Waals surface area contributed by atoms with Gasteiger partial charge in [0.05, 0.1) is 24.2 Å². The summed E-state index contributed by atoms with van der Waals surface area (Å²) in [5.74, 6) is 0.143. The topological polar surface area (TPSA) is 87.4 Å². The molecular weight excluding hydrogens is 462 g/mol. The van der Waals surface area contributed by atoms with E-state index in [1.807, 2.05) is 6.08 Å². The van der Waals surface area contributed by atoms with Crippen LogP contribution >= 0.6 is 0 Å². The zero-order chi connectivity index (χ0) is 27.4. The fourth-order valence-corrected chi connectivity index (χ4v) is 10.5. The molecule has 5 rings (SSSR count). The zero-order valence-electron chi connectivity index (χ0n) is 24.1. The minimum absolute atomic E-state index is 0.0310. The van der Waals surface area contributed by atoms with Crippen LogP contribution in [0, 0.1) is 61.6 Å². The maximum Gasteiger partial charge on any atom is 0.312 e. The van der Waals surface area contributed by atoms with Crippen molar-refractivity contribution in [1.29, 1.82) is 5.26 Å². The molecule has 0 aromatic heterocycles. The van der Waals surface area contributed by atoms with Gasteiger partial charge in [0, 0.05) is 11.3 Å². The van der Waals surface area contributed by atoms with Crippen LogP contribution in [0.15, 0.2) is 23.0 Å². The third kappa shape index (κ3) is 3.14. The first-order valence-electron chi connectivity index (χ1n) is 14.2. The van der Waals surface area contributed by atoms with Crippen molar-refractivity contribution in [2.75, 3.05) is 7.11 Å². The minimum Gasteiger partial charge on any atom is -0.511 e. The van der Waals surface area contributed by atoms with Crippen LogP contribution in [0.2, 0.25) is 0 Å². The van der Waals surface area contributed by atoms with Crippen molar-refractivity contribution >= 4 is 11.8 Å². The molecule has 0 saturated heterocycles. The number of ether oxygens (including phenoxy) is 1. The van der Waals surface area contributed by atoms with Gasteiger partial charge in [-0.2, -0.15) is 5.26 Å². The Labute approximate surface area is 222 Å². The first-order valence-corrected chi connectivity index (χ1v) is 14.2. The van der Waals surface area contributed by atoms with E-state index in [1.54, 1.807) is 0 Å². The van der Waals surface area contributed by atoms with Gasteiger partial charge in [-0.05, 0) is 90.9 Å². The molecule has 5 heteroatoms. The SMILES string of the molecule is COC(=O)[C@]12CCC(C)(C)C[C@@H]1[C@H]1C(=O)C=C3[C@@]4(C)CC(C#N)=C(O)C(C)(C)[C@H]4CC[C@@]3(C)[C@]1(C)CC2. The second-order valence-corrected chi connectivity index (χ2v) is 15.2. The molecule has 7 atom stereocenters. The molecule has 0 aromatic rings. The Hall–Kier alpha value is -2.09. The van der Waals surface area contributed by atoms with E-state index in [4.69, 9.17) is 4.74 Å². The number of nitrogens with zero attached hydrogens (tertiary/aromatic N) is 1. The van der Waals surface area contributed by atoms with Crippen molar-refractivity contribution in [3.8, 4) is 6.07 Å². The maximum atomic E-state index is 14.4. The zero-order valence-corrected chi connectivity index (χ0v) is 24.1. The molecule has 3 saturated carbocycles. The molecule has 0 bridgehead atoms. The van der Waals surface area contributed by atoms with Crippen molar-refractivity contribution in [3.63, 3.8) is 0 Å². The average molecular weight is 508 g/mol. The number of nitriles is 1. The smallest absolute Gasteiger partial charge is 0.312 e. The third-order valence-corrected chi connectivity index (χ3v) is 12.7. The summed E-state index contributed by atoms with van der Waals surface area (Å²) < 4.78 is 5.42. The van der Waals surface area contributed by atoms with Crippen LogP contribution in [0.1, 0.15) is 99.8 Å². The summed E-state index contributed by atoms with van der Waals surface area (Å²) in [6, 6.07) is 2.29. The number of methoxy groups -OCH3 is 1. The van der Waals surface area contributed by atoms with Crippen molar-refractivity contribution in [2.45, 2.75) is 99.8 Å². The highest BCUT2D eigenvalue weighted by molar-refractivity contribution is 5.96. The van der Waals surface area contributed by atoms with Crippen LogP contribution in [0.25, 0.3) is 0 Å². The summed E-state index contributed by atoms with van der Waals surface area (Å²) in [7, 11) is 1.49. The number of esters is 1. The van der Waals surface area contributed by atoms with E-state index in [-0.39, 0.29) is 56.9 Å². The second kappa shape index (κ2) is 7.73. The predicted octanol–water partition coefficient (Wildman–Crippen LogP) is 7.09. The van der Waals surface area contributed by atoms with Crippen LogP contribution < -0.4 is 0 Å². The fraction of sp³-hybridized carbons (Fsp3) is 0.781. The Morgan fingerprint density at radius 1 is 1.05 bits per heavy atom. The van der Waals surface area contributed by atoms with Crippen LogP contribution in [-0.2, 0) is 14.3 Å². The number of hydrogen-bond acceptors (Lipinski definition) is 5. The lowest BCUT2D eigenvalue weighted by molar-refractivity contribution is -0.192. The molecule has 0 unspecified atom stereocenters. The van der Waals surface area contributed by atoms with E-state index in [1.165, 1.54) is 12.7 Å². The van der Waals surface area contributed by atoms with Crippen LogP contribution in [-0.4, -0.2) is 24.0 Å². The number of fused-ring (bicyclic) bond motifs is 7. The van der Waals surface area contributed by atoms with Gasteiger partial charge in [0.1, 0.15) is 5.76 Å². The summed E-state index contributed by atoms with van der Waals surface area (Å²) in [5.41, 5.74) is -0.275. The van der Waals surface area contributed by atoms with Crippen molar-refractivity contribution in [3.05, 3.63) is 23.0 Å². The van der Waals surface area contributed by atoms with Crippen LogP contribution in [0.4, 0.5) is 0 Å². The van der Waals surface area contributed by atoms with E-state index in [9.17, 15) is 20.0 Å². The van der Waals surface area contributed by atoms with E-state index < -0.39 is 10.8 Å². The van der Waals surface area contributed by atoms with Gasteiger partial charge in [-0.1, -0.05) is 54.0 Å². The highest BCUT2D eigenvalue weighted by Crippen LogP contribution is 2.75. The first-order chi connectivity index (χ1) is 17.0. The molecule has 5 aliphatic carbocycles. The summed E-state index contributed by atoms with van der Waals surface area (Å²) >= 11 is 0. The van der Waals surface area contributed by atoms with Crippen LogP contribution in [0.3, 0.4) is 0 Å². The quantitative estimate of drug-likeness (QED) is 0.383. The molecule has 37 heavy (non-hydrogen) atoms. The van der Waals surface area contributed by atoms with Crippen molar-refractivity contribution in [1.82, 2.24) is 0 Å². The largest absolute Gasteiger partial charge is 0.511 e. The van der Waals surface area contributed by atoms with Crippen LogP contribution in [0.5, 0.6) is 0 Å². The lowest BCUT2D eigenvalue weighted by atomic mass is 9.34. The van der Waals surface area contributed by atoms with E-state index in [0.29, 0.717) is 12.0 Å². The Balaban J connectivity index is 1.68. The molecule has 0 radical (unpaired) electrons. The highest BCUT2D eigenvalue weighted by Gasteiger charge is 2.71. The summed E-state index contributed by atoms with van der Waals surface area (Å²) in [4.78, 5) is 27.8. The summed E-state index contributed by atoms with van der Waals surface area (Å²) in [6.07, 6.45) is 8.50. The highest BCUT2D eigenvalue weighted by atomic mass is 16.5. The Morgan fingerprint density at radius 3 is 2.32 bits per heavy atom. The van der Waals surface area contributed by atoms with Gasteiger partial charge in [-0.3, -0.25) is 9.59 Å². The number of aliphatic hydroxyl groups is 1. The number of ketones is 1. The van der Waals surface area contributed by atoms with E-state index in [0.717, 1.165) is 44.9 Å². The summed E-state index contributed by atoms with van der Waals surface area (Å²) in [6.45, 7) is 15.6. The number of aliphatic hydroxyl groups excluding tert-OH is 1. The number of carbonyl (C=O) groups excluding carboxylic acids is 2. The van der Waals surface area contributed by atoms with Crippen molar-refractivity contribution < 1.29 is 19.4 Å². The molecule has 0 aromatic carbocycles. The molecule has 0 aliphatic heterocycles. The Morgan fingerprint density at radius 2 is 1.70 bits per heavy atom. The molecule has 0 spiro atoms. The number of rotatable bonds is 1. The lowest BCUT2D eigenvalue weighted by Gasteiger charge is -2.69. The van der Waals surface area contributed by atoms with Gasteiger partial charge >= 0.3 is 5.97 Å². The summed E-state index contributed by atoms with van der Waals surface area (Å²) in [5, 5.41) is 20.9. The molecule has 3 fully saturated rings. The Bertz CT molecular complexity index is 1170. The van der Waals surface area contributed by atoms with E-state index >= 15 is 0 Å².